The number of aromatic hydroxyl groups is 1. The molecule has 23 heavy (non-hydrogen) atoms. The normalized spacial score (nSPS) is 10.4. The van der Waals surface area contributed by atoms with Gasteiger partial charge >= 0.3 is 0 Å². The van der Waals surface area contributed by atoms with Crippen LogP contribution in [0.1, 0.15) is 11.4 Å². The predicted octanol–water partition coefficient (Wildman–Crippen LogP) is 2.30. The van der Waals surface area contributed by atoms with Gasteiger partial charge in [0.2, 0.25) is 5.91 Å². The Morgan fingerprint density at radius 2 is 1.83 bits per heavy atom. The molecule has 0 spiro atoms. The van der Waals surface area contributed by atoms with Gasteiger partial charge < -0.3 is 14.9 Å². The van der Waals surface area contributed by atoms with E-state index in [-0.39, 0.29) is 29.8 Å². The van der Waals surface area contributed by atoms with Gasteiger partial charge in [-0.3, -0.25) is 4.79 Å². The maximum atomic E-state index is 11.9. The summed E-state index contributed by atoms with van der Waals surface area (Å²) in [6, 6.07) is 16.3. The van der Waals surface area contributed by atoms with Crippen molar-refractivity contribution in [1.82, 2.24) is 15.5 Å². The van der Waals surface area contributed by atoms with Crippen molar-refractivity contribution < 1.29 is 14.4 Å². The fourth-order valence-electron chi connectivity index (χ4n) is 2.09. The molecule has 3 rings (SSSR count). The zero-order valence-electron chi connectivity index (χ0n) is 12.3. The maximum Gasteiger partial charge on any atom is 0.261 e. The van der Waals surface area contributed by atoms with Crippen molar-refractivity contribution in [3.05, 3.63) is 66.0 Å². The maximum absolute atomic E-state index is 11.9. The lowest BCUT2D eigenvalue weighted by Crippen LogP contribution is -2.24. The molecule has 1 amide bonds. The van der Waals surface area contributed by atoms with Crippen LogP contribution in [-0.4, -0.2) is 21.2 Å². The average Bonchev–Trinajstić information content (AvgIpc) is 3.02. The molecule has 2 N–H and O–H groups in total. The molecule has 0 atom stereocenters. The predicted molar refractivity (Wildman–Crippen MR) is 83.4 cm³/mol. The van der Waals surface area contributed by atoms with Gasteiger partial charge in [0.05, 0.1) is 12.0 Å². The molecule has 1 aromatic heterocycles. The van der Waals surface area contributed by atoms with E-state index in [0.29, 0.717) is 12.1 Å². The van der Waals surface area contributed by atoms with Crippen molar-refractivity contribution in [2.75, 3.05) is 0 Å². The lowest BCUT2D eigenvalue weighted by atomic mass is 10.2. The van der Waals surface area contributed by atoms with Crippen molar-refractivity contribution in [2.24, 2.45) is 0 Å². The number of phenols is 1. The van der Waals surface area contributed by atoms with Gasteiger partial charge in [0.25, 0.3) is 5.89 Å². The fraction of sp³-hybridized carbons (Fsp3) is 0.118. The lowest BCUT2D eigenvalue weighted by molar-refractivity contribution is -0.120. The molecular formula is C17H15N3O3. The molecule has 0 aliphatic heterocycles. The Kier molecular flexibility index (Phi) is 4.33. The second-order valence-electron chi connectivity index (χ2n) is 4.97. The van der Waals surface area contributed by atoms with Gasteiger partial charge in [-0.25, -0.2) is 0 Å². The SMILES string of the molecule is O=C(Cc1noc(-c2ccccc2O)n1)NCc1ccccc1. The van der Waals surface area contributed by atoms with Crippen molar-refractivity contribution in [3.63, 3.8) is 0 Å². The van der Waals surface area contributed by atoms with Gasteiger partial charge in [0.1, 0.15) is 5.75 Å². The van der Waals surface area contributed by atoms with E-state index in [1.165, 1.54) is 6.07 Å². The number of hydrogen-bond acceptors (Lipinski definition) is 5. The summed E-state index contributed by atoms with van der Waals surface area (Å²) in [5.74, 6) is 0.317. The minimum atomic E-state index is -0.196. The molecule has 0 unspecified atom stereocenters. The monoisotopic (exact) mass is 309 g/mol. The minimum absolute atomic E-state index is 0.0178. The van der Waals surface area contributed by atoms with E-state index in [9.17, 15) is 9.90 Å². The van der Waals surface area contributed by atoms with Crippen LogP contribution >= 0.6 is 0 Å². The molecule has 0 aliphatic carbocycles. The molecule has 1 heterocycles. The molecule has 2 aromatic carbocycles. The highest BCUT2D eigenvalue weighted by Crippen LogP contribution is 2.26. The Morgan fingerprint density at radius 3 is 2.61 bits per heavy atom. The van der Waals surface area contributed by atoms with Crippen LogP contribution in [-0.2, 0) is 17.8 Å². The summed E-state index contributed by atoms with van der Waals surface area (Å²) in [5, 5.41) is 16.3. The van der Waals surface area contributed by atoms with Crippen molar-refractivity contribution >= 4 is 5.91 Å². The van der Waals surface area contributed by atoms with Crippen LogP contribution in [0.2, 0.25) is 0 Å². The highest BCUT2D eigenvalue weighted by molar-refractivity contribution is 5.77. The topological polar surface area (TPSA) is 88.2 Å². The number of carbonyl (C=O) groups excluding carboxylic acids is 1. The van der Waals surface area contributed by atoms with E-state index in [4.69, 9.17) is 4.52 Å². The Morgan fingerprint density at radius 1 is 1.09 bits per heavy atom. The molecule has 6 nitrogen and oxygen atoms in total. The van der Waals surface area contributed by atoms with Crippen molar-refractivity contribution in [2.45, 2.75) is 13.0 Å². The summed E-state index contributed by atoms with van der Waals surface area (Å²) in [4.78, 5) is 16.1. The molecule has 0 radical (unpaired) electrons. The molecular weight excluding hydrogens is 294 g/mol. The van der Waals surface area contributed by atoms with Crippen LogP contribution in [0.25, 0.3) is 11.5 Å². The number of rotatable bonds is 5. The van der Waals surface area contributed by atoms with Gasteiger partial charge in [0, 0.05) is 6.54 Å². The summed E-state index contributed by atoms with van der Waals surface area (Å²) >= 11 is 0. The number of benzene rings is 2. The molecule has 0 saturated carbocycles. The molecule has 116 valence electrons. The quantitative estimate of drug-likeness (QED) is 0.755. The number of nitrogens with one attached hydrogen (secondary N) is 1. The summed E-state index contributed by atoms with van der Waals surface area (Å²) in [6.07, 6.45) is 0.0178. The van der Waals surface area contributed by atoms with Crippen LogP contribution in [0.15, 0.2) is 59.1 Å². The van der Waals surface area contributed by atoms with Crippen LogP contribution in [0, 0.1) is 0 Å². The highest BCUT2D eigenvalue weighted by Gasteiger charge is 2.14. The number of amides is 1. The second-order valence-corrected chi connectivity index (χ2v) is 4.97. The molecule has 6 heteroatoms. The summed E-state index contributed by atoms with van der Waals surface area (Å²) in [7, 11) is 0. The van der Waals surface area contributed by atoms with Crippen molar-refractivity contribution in [3.8, 4) is 17.2 Å². The first-order valence-corrected chi connectivity index (χ1v) is 7.14. The van der Waals surface area contributed by atoms with E-state index in [1.807, 2.05) is 30.3 Å². The number of aromatic nitrogens is 2. The number of hydrogen-bond donors (Lipinski definition) is 2. The molecule has 0 fully saturated rings. The Balaban J connectivity index is 1.61. The van der Waals surface area contributed by atoms with E-state index in [0.717, 1.165) is 5.56 Å². The summed E-state index contributed by atoms with van der Waals surface area (Å²) in [5.41, 5.74) is 1.46. The molecule has 0 saturated heterocycles. The Labute approximate surface area is 132 Å². The van der Waals surface area contributed by atoms with Crippen LogP contribution in [0.5, 0.6) is 5.75 Å². The van der Waals surface area contributed by atoms with E-state index in [2.05, 4.69) is 15.5 Å². The largest absolute Gasteiger partial charge is 0.507 e. The minimum Gasteiger partial charge on any atom is -0.507 e. The number of para-hydroxylation sites is 1. The number of carbonyl (C=O) groups is 1. The van der Waals surface area contributed by atoms with Gasteiger partial charge in [-0.15, -0.1) is 0 Å². The molecule has 3 aromatic rings. The molecule has 0 aliphatic rings. The molecule has 0 bridgehead atoms. The number of phenolic OH excluding ortho intramolecular Hbond substituents is 1. The Bertz CT molecular complexity index is 800. The first-order valence-electron chi connectivity index (χ1n) is 7.14. The number of nitrogens with zero attached hydrogens (tertiary/aromatic N) is 2. The lowest BCUT2D eigenvalue weighted by Gasteiger charge is -2.03. The first-order chi connectivity index (χ1) is 11.2. The van der Waals surface area contributed by atoms with Crippen LogP contribution in [0.3, 0.4) is 0 Å². The van der Waals surface area contributed by atoms with Crippen molar-refractivity contribution in [1.29, 1.82) is 0 Å². The smallest absolute Gasteiger partial charge is 0.261 e. The first kappa shape index (κ1) is 14.8. The van der Waals surface area contributed by atoms with Gasteiger partial charge in [0.15, 0.2) is 5.82 Å². The third-order valence-corrected chi connectivity index (χ3v) is 3.25. The highest BCUT2D eigenvalue weighted by atomic mass is 16.5. The van der Waals surface area contributed by atoms with E-state index >= 15 is 0 Å². The van der Waals surface area contributed by atoms with E-state index < -0.39 is 0 Å². The second kappa shape index (κ2) is 6.74. The van der Waals surface area contributed by atoms with Crippen LogP contribution < -0.4 is 5.32 Å². The Hall–Kier alpha value is -3.15. The third-order valence-electron chi connectivity index (χ3n) is 3.25. The summed E-state index contributed by atoms with van der Waals surface area (Å²) in [6.45, 7) is 0.448. The fourth-order valence-corrected chi connectivity index (χ4v) is 2.09. The summed E-state index contributed by atoms with van der Waals surface area (Å²) < 4.78 is 5.09. The van der Waals surface area contributed by atoms with Gasteiger partial charge in [-0.1, -0.05) is 47.6 Å². The zero-order valence-corrected chi connectivity index (χ0v) is 12.3. The zero-order chi connectivity index (χ0) is 16.1. The standard InChI is InChI=1S/C17H15N3O3/c21-14-9-5-4-8-13(14)17-19-15(20-23-17)10-16(22)18-11-12-6-2-1-3-7-12/h1-9,21H,10-11H2,(H,18,22). The van der Waals surface area contributed by atoms with Gasteiger partial charge in [-0.2, -0.15) is 4.98 Å². The van der Waals surface area contributed by atoms with Gasteiger partial charge in [-0.05, 0) is 17.7 Å². The third kappa shape index (κ3) is 3.74. The van der Waals surface area contributed by atoms with Crippen LogP contribution in [0.4, 0.5) is 0 Å². The average molecular weight is 309 g/mol. The van der Waals surface area contributed by atoms with E-state index in [1.54, 1.807) is 18.2 Å².